The highest BCUT2D eigenvalue weighted by Crippen LogP contribution is 2.30. The number of thiophene rings is 1. The number of rotatable bonds is 8. The largest absolute Gasteiger partial charge is 0.342 e. The lowest BCUT2D eigenvalue weighted by molar-refractivity contribution is 0.0915. The lowest BCUT2D eigenvalue weighted by atomic mass is 9.94. The molecule has 0 radical (unpaired) electrons. The Morgan fingerprint density at radius 1 is 1.06 bits per heavy atom. The minimum Gasteiger partial charge on any atom is -0.342 e. The lowest BCUT2D eigenvalue weighted by Crippen LogP contribution is -2.40. The second-order valence-corrected chi connectivity index (χ2v) is 10.6. The van der Waals surface area contributed by atoms with Crippen molar-refractivity contribution >= 4 is 39.2 Å². The van der Waals surface area contributed by atoms with Crippen molar-refractivity contribution in [2.24, 2.45) is 0 Å². The van der Waals surface area contributed by atoms with Gasteiger partial charge in [0.1, 0.15) is 4.83 Å². The third kappa shape index (κ3) is 5.61. The number of hydrogen-bond donors (Lipinski definition) is 3. The van der Waals surface area contributed by atoms with Gasteiger partial charge in [-0.1, -0.05) is 42.5 Å². The van der Waals surface area contributed by atoms with Gasteiger partial charge in [0.05, 0.1) is 15.8 Å². The Morgan fingerprint density at radius 2 is 1.74 bits per heavy atom. The summed E-state index contributed by atoms with van der Waals surface area (Å²) in [6.45, 7) is 9.06. The molecule has 7 nitrogen and oxygen atoms in total. The second-order valence-electron chi connectivity index (χ2n) is 9.53. The molecule has 0 bridgehead atoms. The summed E-state index contributed by atoms with van der Waals surface area (Å²) in [6.07, 6.45) is 0. The maximum absolute atomic E-state index is 13.0. The number of carbonyl (C=O) groups is 2. The number of nitrogens with one attached hydrogen (secondary N) is 3. The minimum atomic E-state index is -0.526. The fourth-order valence-electron chi connectivity index (χ4n) is 3.71. The van der Waals surface area contributed by atoms with Crippen LogP contribution in [-0.4, -0.2) is 40.0 Å². The minimum absolute atomic E-state index is 0.173. The molecule has 8 heteroatoms. The van der Waals surface area contributed by atoms with Gasteiger partial charge in [0.2, 0.25) is 0 Å². The molecule has 0 aliphatic rings. The van der Waals surface area contributed by atoms with Gasteiger partial charge in [0.15, 0.2) is 5.82 Å². The Balaban J connectivity index is 1.45. The van der Waals surface area contributed by atoms with Crippen molar-refractivity contribution in [2.75, 3.05) is 12.4 Å². The number of fused-ring (bicyclic) bond motifs is 1. The van der Waals surface area contributed by atoms with Gasteiger partial charge in [-0.05, 0) is 64.1 Å². The van der Waals surface area contributed by atoms with E-state index in [1.165, 1.54) is 11.3 Å². The van der Waals surface area contributed by atoms with E-state index >= 15 is 0 Å². The SMILES string of the molecule is CC(C)N(C)Cc1ccc(C(=O)Nc2n[nH]c3sc(C(=O)NC(C)(C)c4ccccc4)cc23)cc1. The fraction of sp³-hybridized carbons (Fsp3) is 0.296. The molecule has 4 rings (SSSR count). The van der Waals surface area contributed by atoms with E-state index in [2.05, 4.69) is 46.6 Å². The number of amides is 2. The van der Waals surface area contributed by atoms with Crippen LogP contribution in [0.1, 0.15) is 58.9 Å². The van der Waals surface area contributed by atoms with Crippen molar-refractivity contribution in [3.05, 3.63) is 82.2 Å². The molecule has 35 heavy (non-hydrogen) atoms. The summed E-state index contributed by atoms with van der Waals surface area (Å²) in [4.78, 5) is 29.3. The number of aromatic nitrogens is 2. The summed E-state index contributed by atoms with van der Waals surface area (Å²) in [6, 6.07) is 19.6. The normalized spacial score (nSPS) is 11.9. The summed E-state index contributed by atoms with van der Waals surface area (Å²) in [5.74, 6) is -0.0107. The summed E-state index contributed by atoms with van der Waals surface area (Å²) in [5, 5.41) is 13.8. The van der Waals surface area contributed by atoms with Crippen molar-refractivity contribution < 1.29 is 9.59 Å². The van der Waals surface area contributed by atoms with Crippen LogP contribution in [0.3, 0.4) is 0 Å². The highest BCUT2D eigenvalue weighted by molar-refractivity contribution is 7.20. The Hall–Kier alpha value is -3.49. The molecule has 0 aliphatic carbocycles. The Labute approximate surface area is 209 Å². The number of aromatic amines is 1. The highest BCUT2D eigenvalue weighted by atomic mass is 32.1. The van der Waals surface area contributed by atoms with E-state index in [4.69, 9.17) is 0 Å². The molecule has 2 heterocycles. The zero-order chi connectivity index (χ0) is 25.2. The van der Waals surface area contributed by atoms with E-state index in [1.807, 2.05) is 68.4 Å². The fourth-order valence-corrected chi connectivity index (χ4v) is 4.61. The molecule has 2 aromatic heterocycles. The molecule has 3 N–H and O–H groups in total. The number of benzene rings is 2. The molecule has 0 saturated carbocycles. The predicted octanol–water partition coefficient (Wildman–Crippen LogP) is 5.38. The van der Waals surface area contributed by atoms with Crippen molar-refractivity contribution in [3.8, 4) is 0 Å². The maximum atomic E-state index is 13.0. The molecule has 0 atom stereocenters. The van der Waals surface area contributed by atoms with Gasteiger partial charge in [-0.3, -0.25) is 19.6 Å². The summed E-state index contributed by atoms with van der Waals surface area (Å²) in [5.41, 5.74) is 2.19. The van der Waals surface area contributed by atoms with Crippen LogP contribution in [0.4, 0.5) is 5.82 Å². The van der Waals surface area contributed by atoms with Crippen LogP contribution in [0.25, 0.3) is 10.2 Å². The van der Waals surface area contributed by atoms with Gasteiger partial charge < -0.3 is 10.6 Å². The molecule has 182 valence electrons. The van der Waals surface area contributed by atoms with Crippen molar-refractivity contribution in [3.63, 3.8) is 0 Å². The third-order valence-corrected chi connectivity index (χ3v) is 7.20. The molecular formula is C27H31N5O2S. The third-order valence-electron chi connectivity index (χ3n) is 6.16. The van der Waals surface area contributed by atoms with Gasteiger partial charge in [-0.15, -0.1) is 11.3 Å². The zero-order valence-electron chi connectivity index (χ0n) is 20.7. The molecule has 4 aromatic rings. The molecule has 0 aliphatic heterocycles. The Bertz CT molecular complexity index is 1320. The summed E-state index contributed by atoms with van der Waals surface area (Å²) in [7, 11) is 2.08. The molecule has 0 spiro atoms. The summed E-state index contributed by atoms with van der Waals surface area (Å²) < 4.78 is 0. The first-order valence-corrected chi connectivity index (χ1v) is 12.4. The van der Waals surface area contributed by atoms with Gasteiger partial charge in [0.25, 0.3) is 11.8 Å². The molecular weight excluding hydrogens is 458 g/mol. The van der Waals surface area contributed by atoms with E-state index in [0.717, 1.165) is 22.5 Å². The van der Waals surface area contributed by atoms with E-state index in [0.29, 0.717) is 27.7 Å². The van der Waals surface area contributed by atoms with Crippen LogP contribution in [0.5, 0.6) is 0 Å². The van der Waals surface area contributed by atoms with Crippen LogP contribution < -0.4 is 10.6 Å². The first kappa shape index (κ1) is 24.6. The van der Waals surface area contributed by atoms with E-state index in [-0.39, 0.29) is 11.8 Å². The molecule has 0 unspecified atom stereocenters. The van der Waals surface area contributed by atoms with Crippen LogP contribution in [-0.2, 0) is 12.1 Å². The zero-order valence-corrected chi connectivity index (χ0v) is 21.5. The van der Waals surface area contributed by atoms with E-state index in [9.17, 15) is 9.59 Å². The van der Waals surface area contributed by atoms with E-state index in [1.54, 1.807) is 6.07 Å². The molecule has 0 fully saturated rings. The number of H-pyrrole nitrogens is 1. The van der Waals surface area contributed by atoms with Gasteiger partial charge >= 0.3 is 0 Å². The first-order chi connectivity index (χ1) is 16.6. The Morgan fingerprint density at radius 3 is 2.40 bits per heavy atom. The van der Waals surface area contributed by atoms with Gasteiger partial charge in [-0.25, -0.2) is 0 Å². The predicted molar refractivity (Wildman–Crippen MR) is 142 cm³/mol. The van der Waals surface area contributed by atoms with Gasteiger partial charge in [0, 0.05) is 18.2 Å². The molecule has 2 amide bonds. The number of anilines is 1. The maximum Gasteiger partial charge on any atom is 0.262 e. The number of nitrogens with zero attached hydrogens (tertiary/aromatic N) is 2. The lowest BCUT2D eigenvalue weighted by Gasteiger charge is -2.26. The van der Waals surface area contributed by atoms with Gasteiger partial charge in [-0.2, -0.15) is 5.10 Å². The quantitative estimate of drug-likeness (QED) is 0.310. The first-order valence-electron chi connectivity index (χ1n) is 11.6. The van der Waals surface area contributed by atoms with Crippen LogP contribution in [0.15, 0.2) is 60.7 Å². The monoisotopic (exact) mass is 489 g/mol. The number of carbonyl (C=O) groups excluding carboxylic acids is 2. The average molecular weight is 490 g/mol. The van der Waals surface area contributed by atoms with E-state index < -0.39 is 5.54 Å². The topological polar surface area (TPSA) is 90.1 Å². The highest BCUT2D eigenvalue weighted by Gasteiger charge is 2.25. The van der Waals surface area contributed by atoms with Crippen LogP contribution in [0, 0.1) is 0 Å². The van der Waals surface area contributed by atoms with Crippen molar-refractivity contribution in [2.45, 2.75) is 45.8 Å². The average Bonchev–Trinajstić information content (AvgIpc) is 3.42. The second kappa shape index (κ2) is 10.0. The Kier molecular flexibility index (Phi) is 7.05. The van der Waals surface area contributed by atoms with Crippen LogP contribution >= 0.6 is 11.3 Å². The van der Waals surface area contributed by atoms with Crippen molar-refractivity contribution in [1.29, 1.82) is 0 Å². The molecule has 0 saturated heterocycles. The molecule has 2 aromatic carbocycles. The smallest absolute Gasteiger partial charge is 0.262 e. The summed E-state index contributed by atoms with van der Waals surface area (Å²) >= 11 is 1.31. The van der Waals surface area contributed by atoms with Crippen LogP contribution in [0.2, 0.25) is 0 Å². The number of hydrogen-bond acceptors (Lipinski definition) is 5. The van der Waals surface area contributed by atoms with Crippen molar-refractivity contribution in [1.82, 2.24) is 20.4 Å². The standard InChI is InChI=1S/C27H31N5O2S/c1-17(2)32(5)16-18-11-13-19(14-12-18)24(33)28-23-21-15-22(35-26(21)31-30-23)25(34)29-27(3,4)20-9-7-6-8-10-20/h6-15,17H,16H2,1-5H3,(H,29,34)(H2,28,30,31,33).